The summed E-state index contributed by atoms with van der Waals surface area (Å²) in [5.41, 5.74) is -0.322. The van der Waals surface area contributed by atoms with Gasteiger partial charge in [0.25, 0.3) is 11.5 Å². The Morgan fingerprint density at radius 1 is 1.33 bits per heavy atom. The first-order valence-corrected chi connectivity index (χ1v) is 7.99. The van der Waals surface area contributed by atoms with Crippen LogP contribution in [0.2, 0.25) is 0 Å². The third kappa shape index (κ3) is 2.29. The lowest BCUT2D eigenvalue weighted by Crippen LogP contribution is -2.33. The molecule has 0 radical (unpaired) electrons. The topological polar surface area (TPSA) is 79.6 Å². The Balaban J connectivity index is 1.71. The van der Waals surface area contributed by atoms with E-state index in [4.69, 9.17) is 0 Å². The molecule has 0 spiro atoms. The number of nitrogens with one attached hydrogen (secondary N) is 1. The van der Waals surface area contributed by atoms with E-state index in [2.05, 4.69) is 20.3 Å². The molecule has 2 fully saturated rings. The Kier molecular flexibility index (Phi) is 2.91. The molecular formula is C13H15N5O2S. The monoisotopic (exact) mass is 305 g/mol. The number of anilines is 1. The SMILES string of the molecule is O=C(NC1CC1)c1cnc2sc(N3CCCC3)nn2c1=O. The van der Waals surface area contributed by atoms with Gasteiger partial charge in [-0.25, -0.2) is 4.98 Å². The summed E-state index contributed by atoms with van der Waals surface area (Å²) < 4.78 is 1.25. The predicted octanol–water partition coefficient (Wildman–Crippen LogP) is 0.643. The van der Waals surface area contributed by atoms with Crippen molar-refractivity contribution in [1.29, 1.82) is 0 Å². The molecular weight excluding hydrogens is 290 g/mol. The van der Waals surface area contributed by atoms with Crippen LogP contribution in [0.4, 0.5) is 5.13 Å². The van der Waals surface area contributed by atoms with Gasteiger partial charge in [-0.2, -0.15) is 4.52 Å². The third-order valence-corrected chi connectivity index (χ3v) is 4.79. The first kappa shape index (κ1) is 12.8. The Morgan fingerprint density at radius 2 is 2.10 bits per heavy atom. The smallest absolute Gasteiger partial charge is 0.288 e. The maximum atomic E-state index is 12.4. The number of carbonyl (C=O) groups is 1. The van der Waals surface area contributed by atoms with Gasteiger partial charge < -0.3 is 10.2 Å². The highest BCUT2D eigenvalue weighted by Gasteiger charge is 2.26. The summed E-state index contributed by atoms with van der Waals surface area (Å²) in [6, 6.07) is 0.216. The van der Waals surface area contributed by atoms with Crippen molar-refractivity contribution in [2.75, 3.05) is 18.0 Å². The molecule has 0 atom stereocenters. The van der Waals surface area contributed by atoms with E-state index < -0.39 is 0 Å². The van der Waals surface area contributed by atoms with Crippen molar-refractivity contribution >= 4 is 27.3 Å². The van der Waals surface area contributed by atoms with Gasteiger partial charge in [-0.3, -0.25) is 9.59 Å². The second-order valence-electron chi connectivity index (χ2n) is 5.50. The van der Waals surface area contributed by atoms with Crippen molar-refractivity contribution in [2.24, 2.45) is 0 Å². The van der Waals surface area contributed by atoms with Crippen LogP contribution in [0, 0.1) is 0 Å². The molecule has 110 valence electrons. The maximum absolute atomic E-state index is 12.4. The number of hydrogen-bond donors (Lipinski definition) is 1. The fourth-order valence-electron chi connectivity index (χ4n) is 2.46. The molecule has 21 heavy (non-hydrogen) atoms. The molecule has 2 aromatic heterocycles. The van der Waals surface area contributed by atoms with Crippen LogP contribution in [0.3, 0.4) is 0 Å². The van der Waals surface area contributed by atoms with Crippen LogP contribution in [0.25, 0.3) is 4.96 Å². The maximum Gasteiger partial charge on any atom is 0.288 e. The molecule has 2 aliphatic rings. The number of aromatic nitrogens is 3. The van der Waals surface area contributed by atoms with Crippen molar-refractivity contribution in [3.05, 3.63) is 22.1 Å². The van der Waals surface area contributed by atoms with E-state index in [0.717, 1.165) is 43.9 Å². The van der Waals surface area contributed by atoms with Crippen molar-refractivity contribution in [3.8, 4) is 0 Å². The molecule has 1 saturated carbocycles. The van der Waals surface area contributed by atoms with Crippen LogP contribution in [-0.4, -0.2) is 39.6 Å². The summed E-state index contributed by atoms with van der Waals surface area (Å²) in [5, 5.41) is 7.95. The zero-order valence-corrected chi connectivity index (χ0v) is 12.2. The lowest BCUT2D eigenvalue weighted by Gasteiger charge is -2.10. The molecule has 0 unspecified atom stereocenters. The van der Waals surface area contributed by atoms with Gasteiger partial charge in [0.15, 0.2) is 0 Å². The number of hydrogen-bond acceptors (Lipinski definition) is 6. The molecule has 2 aromatic rings. The number of fused-ring (bicyclic) bond motifs is 1. The van der Waals surface area contributed by atoms with Crippen molar-refractivity contribution in [3.63, 3.8) is 0 Å². The molecule has 1 N–H and O–H groups in total. The standard InChI is InChI=1S/C13H15N5O2S/c19-10(15-8-3-4-8)9-7-14-12-18(11(9)20)16-13(21-12)17-5-1-2-6-17/h7-8H,1-6H2,(H,15,19). The molecule has 1 amide bonds. The van der Waals surface area contributed by atoms with Crippen LogP contribution in [0.5, 0.6) is 0 Å². The van der Waals surface area contributed by atoms with E-state index in [9.17, 15) is 9.59 Å². The number of rotatable bonds is 3. The zero-order chi connectivity index (χ0) is 14.4. The van der Waals surface area contributed by atoms with Crippen LogP contribution < -0.4 is 15.8 Å². The minimum atomic E-state index is -0.389. The molecule has 4 rings (SSSR count). The molecule has 3 heterocycles. The lowest BCUT2D eigenvalue weighted by molar-refractivity contribution is 0.0949. The molecule has 1 aliphatic carbocycles. The normalized spacial score (nSPS) is 18.4. The molecule has 1 aliphatic heterocycles. The fraction of sp³-hybridized carbons (Fsp3) is 0.538. The summed E-state index contributed by atoms with van der Waals surface area (Å²) in [4.78, 5) is 31.3. The van der Waals surface area contributed by atoms with Gasteiger partial charge in [0.2, 0.25) is 10.1 Å². The van der Waals surface area contributed by atoms with Gasteiger partial charge >= 0.3 is 0 Å². The first-order chi connectivity index (χ1) is 10.2. The molecule has 8 heteroatoms. The average Bonchev–Trinajstić information content (AvgIpc) is 2.97. The lowest BCUT2D eigenvalue weighted by atomic mass is 10.3. The van der Waals surface area contributed by atoms with Gasteiger partial charge in [-0.15, -0.1) is 5.10 Å². The summed E-state index contributed by atoms with van der Waals surface area (Å²) in [6.45, 7) is 1.92. The van der Waals surface area contributed by atoms with Crippen molar-refractivity contribution < 1.29 is 4.79 Å². The number of carbonyl (C=O) groups excluding carboxylic acids is 1. The number of nitrogens with zero attached hydrogens (tertiary/aromatic N) is 4. The Labute approximate surface area is 124 Å². The van der Waals surface area contributed by atoms with Gasteiger partial charge in [0.05, 0.1) is 0 Å². The average molecular weight is 305 g/mol. The zero-order valence-electron chi connectivity index (χ0n) is 11.4. The van der Waals surface area contributed by atoms with Crippen LogP contribution in [-0.2, 0) is 0 Å². The van der Waals surface area contributed by atoms with E-state index in [1.807, 2.05) is 0 Å². The molecule has 7 nitrogen and oxygen atoms in total. The molecule has 0 aromatic carbocycles. The second-order valence-corrected chi connectivity index (χ2v) is 6.43. The van der Waals surface area contributed by atoms with E-state index in [0.29, 0.717) is 4.96 Å². The second kappa shape index (κ2) is 4.80. The highest BCUT2D eigenvalue weighted by Crippen LogP contribution is 2.24. The van der Waals surface area contributed by atoms with Gasteiger partial charge in [0.1, 0.15) is 5.56 Å². The highest BCUT2D eigenvalue weighted by molar-refractivity contribution is 7.20. The molecule has 0 bridgehead atoms. The minimum Gasteiger partial charge on any atom is -0.349 e. The van der Waals surface area contributed by atoms with E-state index in [-0.39, 0.29) is 23.1 Å². The van der Waals surface area contributed by atoms with E-state index in [1.54, 1.807) is 0 Å². The van der Waals surface area contributed by atoms with Crippen LogP contribution >= 0.6 is 11.3 Å². The first-order valence-electron chi connectivity index (χ1n) is 7.17. The van der Waals surface area contributed by atoms with Crippen molar-refractivity contribution in [1.82, 2.24) is 19.9 Å². The van der Waals surface area contributed by atoms with Crippen LogP contribution in [0.15, 0.2) is 11.0 Å². The predicted molar refractivity (Wildman–Crippen MR) is 79.1 cm³/mol. The van der Waals surface area contributed by atoms with Gasteiger partial charge in [0, 0.05) is 25.3 Å². The van der Waals surface area contributed by atoms with Crippen molar-refractivity contribution in [2.45, 2.75) is 31.7 Å². The van der Waals surface area contributed by atoms with Gasteiger partial charge in [-0.1, -0.05) is 11.3 Å². The summed E-state index contributed by atoms with van der Waals surface area (Å²) >= 11 is 1.39. The summed E-state index contributed by atoms with van der Waals surface area (Å²) in [6.07, 6.45) is 5.62. The summed E-state index contributed by atoms with van der Waals surface area (Å²) in [5.74, 6) is -0.347. The van der Waals surface area contributed by atoms with E-state index >= 15 is 0 Å². The Morgan fingerprint density at radius 3 is 2.81 bits per heavy atom. The summed E-state index contributed by atoms with van der Waals surface area (Å²) in [7, 11) is 0. The Bertz CT molecular complexity index is 757. The quantitative estimate of drug-likeness (QED) is 0.900. The minimum absolute atomic E-state index is 0.0673. The fourth-order valence-corrected chi connectivity index (χ4v) is 3.37. The largest absolute Gasteiger partial charge is 0.349 e. The third-order valence-electron chi connectivity index (χ3n) is 3.81. The van der Waals surface area contributed by atoms with Gasteiger partial charge in [-0.05, 0) is 25.7 Å². The van der Waals surface area contributed by atoms with Crippen LogP contribution in [0.1, 0.15) is 36.0 Å². The number of amides is 1. The molecule has 1 saturated heterocycles. The Hall–Kier alpha value is -1.96. The highest BCUT2D eigenvalue weighted by atomic mass is 32.1. The van der Waals surface area contributed by atoms with E-state index in [1.165, 1.54) is 22.0 Å².